The third kappa shape index (κ3) is 4.44. The first-order valence-corrected chi connectivity index (χ1v) is 10.5. The van der Waals surface area contributed by atoms with Gasteiger partial charge in [0.25, 0.3) is 5.91 Å². The number of halogens is 2. The number of furan rings is 1. The van der Waals surface area contributed by atoms with Gasteiger partial charge in [0.1, 0.15) is 5.76 Å². The van der Waals surface area contributed by atoms with Gasteiger partial charge in [-0.3, -0.25) is 4.79 Å². The van der Waals surface area contributed by atoms with Gasteiger partial charge in [-0.25, -0.2) is 0 Å². The smallest absolute Gasteiger partial charge is 0.291 e. The summed E-state index contributed by atoms with van der Waals surface area (Å²) < 4.78 is 5.77. The molecule has 1 aliphatic rings. The van der Waals surface area contributed by atoms with Gasteiger partial charge < -0.3 is 14.6 Å². The lowest BCUT2D eigenvalue weighted by atomic mass is 9.98. The molecular weight excluding hydrogens is 407 g/mol. The molecule has 2 aromatic carbocycles. The SMILES string of the molecule is CC1CCN(c2ccccc2NC(=O)c2ccc(-c3ccc(Cl)cc3Cl)o2)CC1. The first kappa shape index (κ1) is 19.9. The second-order valence-electron chi connectivity index (χ2n) is 7.43. The van der Waals surface area contributed by atoms with Gasteiger partial charge in [-0.15, -0.1) is 0 Å². The molecule has 4 rings (SSSR count). The van der Waals surface area contributed by atoms with Crippen molar-refractivity contribution in [3.8, 4) is 11.3 Å². The second kappa shape index (κ2) is 8.52. The third-order valence-corrected chi connectivity index (χ3v) is 5.85. The van der Waals surface area contributed by atoms with E-state index in [0.717, 1.165) is 43.2 Å². The van der Waals surface area contributed by atoms with Gasteiger partial charge in [0, 0.05) is 23.7 Å². The molecule has 0 unspecified atom stereocenters. The molecule has 2 heterocycles. The summed E-state index contributed by atoms with van der Waals surface area (Å²) in [6.07, 6.45) is 2.32. The maximum Gasteiger partial charge on any atom is 0.291 e. The van der Waals surface area contributed by atoms with Crippen molar-refractivity contribution < 1.29 is 9.21 Å². The lowest BCUT2D eigenvalue weighted by Crippen LogP contribution is -2.33. The number of anilines is 2. The van der Waals surface area contributed by atoms with Crippen molar-refractivity contribution in [1.82, 2.24) is 0 Å². The lowest BCUT2D eigenvalue weighted by Gasteiger charge is -2.33. The van der Waals surface area contributed by atoms with Crippen molar-refractivity contribution in [1.29, 1.82) is 0 Å². The van der Waals surface area contributed by atoms with Gasteiger partial charge >= 0.3 is 0 Å². The number of piperidine rings is 1. The highest BCUT2D eigenvalue weighted by molar-refractivity contribution is 6.36. The number of carbonyl (C=O) groups excluding carboxylic acids is 1. The van der Waals surface area contributed by atoms with Gasteiger partial charge in [-0.05, 0) is 61.2 Å². The van der Waals surface area contributed by atoms with Gasteiger partial charge in [-0.2, -0.15) is 0 Å². The van der Waals surface area contributed by atoms with Crippen molar-refractivity contribution in [2.75, 3.05) is 23.3 Å². The predicted octanol–water partition coefficient (Wildman–Crippen LogP) is 6.74. The van der Waals surface area contributed by atoms with Crippen LogP contribution in [-0.4, -0.2) is 19.0 Å². The topological polar surface area (TPSA) is 45.5 Å². The first-order chi connectivity index (χ1) is 14.0. The number of hydrogen-bond acceptors (Lipinski definition) is 3. The van der Waals surface area contributed by atoms with Crippen LogP contribution in [0.15, 0.2) is 59.0 Å². The molecule has 0 spiro atoms. The largest absolute Gasteiger partial charge is 0.451 e. The molecular formula is C23H22Cl2N2O2. The number of nitrogens with zero attached hydrogens (tertiary/aromatic N) is 1. The molecule has 1 amide bonds. The number of nitrogens with one attached hydrogen (secondary N) is 1. The summed E-state index contributed by atoms with van der Waals surface area (Å²) in [6.45, 7) is 4.27. The molecule has 0 saturated carbocycles. The van der Waals surface area contributed by atoms with E-state index in [4.69, 9.17) is 27.6 Å². The Balaban J connectivity index is 1.53. The van der Waals surface area contributed by atoms with Crippen LogP contribution >= 0.6 is 23.2 Å². The Morgan fingerprint density at radius 1 is 1.07 bits per heavy atom. The van der Waals surface area contributed by atoms with E-state index in [9.17, 15) is 4.79 Å². The maximum atomic E-state index is 12.8. The molecule has 3 aromatic rings. The Bertz CT molecular complexity index is 1020. The number of rotatable bonds is 4. The standard InChI is InChI=1S/C23H22Cl2N2O2/c1-15-10-12-27(13-11-15)20-5-3-2-4-19(20)26-23(28)22-9-8-21(29-22)17-7-6-16(24)14-18(17)25/h2-9,14-15H,10-13H2,1H3,(H,26,28). The summed E-state index contributed by atoms with van der Waals surface area (Å²) in [5.41, 5.74) is 2.52. The minimum Gasteiger partial charge on any atom is -0.451 e. The minimum absolute atomic E-state index is 0.230. The summed E-state index contributed by atoms with van der Waals surface area (Å²) in [5, 5.41) is 4.02. The van der Waals surface area contributed by atoms with Crippen LogP contribution in [0.2, 0.25) is 10.0 Å². The fourth-order valence-electron chi connectivity index (χ4n) is 3.58. The minimum atomic E-state index is -0.292. The summed E-state index contributed by atoms with van der Waals surface area (Å²) in [7, 11) is 0. The van der Waals surface area contributed by atoms with Crippen molar-refractivity contribution in [2.24, 2.45) is 5.92 Å². The second-order valence-corrected chi connectivity index (χ2v) is 8.27. The van der Waals surface area contributed by atoms with Crippen LogP contribution in [0.5, 0.6) is 0 Å². The van der Waals surface area contributed by atoms with E-state index in [1.54, 1.807) is 30.3 Å². The number of amides is 1. The van der Waals surface area contributed by atoms with Crippen LogP contribution in [0.1, 0.15) is 30.3 Å². The van der Waals surface area contributed by atoms with Crippen LogP contribution in [0.25, 0.3) is 11.3 Å². The van der Waals surface area contributed by atoms with Crippen molar-refractivity contribution >= 4 is 40.5 Å². The summed E-state index contributed by atoms with van der Waals surface area (Å²) >= 11 is 12.2. The molecule has 0 radical (unpaired) electrons. The molecule has 1 saturated heterocycles. The highest BCUT2D eigenvalue weighted by atomic mass is 35.5. The number of benzene rings is 2. The zero-order chi connectivity index (χ0) is 20.4. The molecule has 1 N–H and O–H groups in total. The Kier molecular flexibility index (Phi) is 5.84. The van der Waals surface area contributed by atoms with E-state index in [1.807, 2.05) is 24.3 Å². The maximum absolute atomic E-state index is 12.8. The van der Waals surface area contributed by atoms with Gasteiger partial charge in [0.05, 0.1) is 16.4 Å². The first-order valence-electron chi connectivity index (χ1n) is 9.72. The van der Waals surface area contributed by atoms with Gasteiger partial charge in [-0.1, -0.05) is 42.3 Å². The quantitative estimate of drug-likeness (QED) is 0.500. The molecule has 0 bridgehead atoms. The van der Waals surface area contributed by atoms with Crippen molar-refractivity contribution in [3.63, 3.8) is 0 Å². The molecule has 1 fully saturated rings. The average Bonchev–Trinajstić information content (AvgIpc) is 3.19. The zero-order valence-electron chi connectivity index (χ0n) is 16.1. The summed E-state index contributed by atoms with van der Waals surface area (Å²) in [4.78, 5) is 15.1. The number of para-hydroxylation sites is 2. The molecule has 150 valence electrons. The molecule has 0 aliphatic carbocycles. The zero-order valence-corrected chi connectivity index (χ0v) is 17.6. The molecule has 1 aliphatic heterocycles. The molecule has 0 atom stereocenters. The van der Waals surface area contributed by atoms with E-state index in [1.165, 1.54) is 0 Å². The van der Waals surface area contributed by atoms with Gasteiger partial charge in [0.15, 0.2) is 5.76 Å². The molecule has 29 heavy (non-hydrogen) atoms. The molecule has 4 nitrogen and oxygen atoms in total. The Morgan fingerprint density at radius 2 is 1.83 bits per heavy atom. The fourth-order valence-corrected chi connectivity index (χ4v) is 4.08. The van der Waals surface area contributed by atoms with Crippen LogP contribution in [0.3, 0.4) is 0 Å². The number of hydrogen-bond donors (Lipinski definition) is 1. The van der Waals surface area contributed by atoms with Crippen LogP contribution < -0.4 is 10.2 Å². The highest BCUT2D eigenvalue weighted by Gasteiger charge is 2.20. The van der Waals surface area contributed by atoms with Crippen LogP contribution in [-0.2, 0) is 0 Å². The number of carbonyl (C=O) groups is 1. The Hall–Kier alpha value is -2.43. The molecule has 1 aromatic heterocycles. The summed E-state index contributed by atoms with van der Waals surface area (Å²) in [6, 6.07) is 16.4. The van der Waals surface area contributed by atoms with Crippen molar-refractivity contribution in [2.45, 2.75) is 19.8 Å². The van der Waals surface area contributed by atoms with E-state index >= 15 is 0 Å². The van der Waals surface area contributed by atoms with E-state index in [-0.39, 0.29) is 11.7 Å². The monoisotopic (exact) mass is 428 g/mol. The Labute approximate surface area is 180 Å². The lowest BCUT2D eigenvalue weighted by molar-refractivity contribution is 0.0997. The third-order valence-electron chi connectivity index (χ3n) is 5.30. The fraction of sp³-hybridized carbons (Fsp3) is 0.261. The van der Waals surface area contributed by atoms with Crippen molar-refractivity contribution in [3.05, 3.63) is 70.4 Å². The van der Waals surface area contributed by atoms with E-state index < -0.39 is 0 Å². The van der Waals surface area contributed by atoms with E-state index in [2.05, 4.69) is 17.1 Å². The van der Waals surface area contributed by atoms with Crippen LogP contribution in [0.4, 0.5) is 11.4 Å². The normalized spacial score (nSPS) is 14.8. The highest BCUT2D eigenvalue weighted by Crippen LogP contribution is 2.33. The van der Waals surface area contributed by atoms with Crippen LogP contribution in [0, 0.1) is 5.92 Å². The van der Waals surface area contributed by atoms with Gasteiger partial charge in [0.2, 0.25) is 0 Å². The van der Waals surface area contributed by atoms with E-state index in [0.29, 0.717) is 21.4 Å². The summed E-state index contributed by atoms with van der Waals surface area (Å²) in [5.74, 6) is 1.21. The molecule has 6 heteroatoms. The predicted molar refractivity (Wildman–Crippen MR) is 119 cm³/mol. The Morgan fingerprint density at radius 3 is 2.59 bits per heavy atom. The average molecular weight is 429 g/mol.